The minimum absolute atomic E-state index is 0.00660. The van der Waals surface area contributed by atoms with Gasteiger partial charge in [0.05, 0.1) is 23.3 Å². The Morgan fingerprint density at radius 2 is 1.64 bits per heavy atom. The van der Waals surface area contributed by atoms with Crippen molar-refractivity contribution in [3.8, 4) is 11.3 Å². The molecular weight excluding hydrogens is 538 g/mol. The molecule has 4 rings (SSSR count). The van der Waals surface area contributed by atoms with Crippen molar-refractivity contribution < 1.29 is 32.6 Å². The first-order valence-corrected chi connectivity index (χ1v) is 12.5. The number of fused-ring (bicyclic) bond motifs is 5. The zero-order valence-electron chi connectivity index (χ0n) is 19.8. The fourth-order valence-corrected chi connectivity index (χ4v) is 4.67. The molecule has 0 saturated heterocycles. The summed E-state index contributed by atoms with van der Waals surface area (Å²) in [4.78, 5) is 40.4. The molecule has 1 aliphatic heterocycles. The van der Waals surface area contributed by atoms with E-state index in [9.17, 15) is 23.2 Å². The smallest absolute Gasteiger partial charge is 0.414 e. The van der Waals surface area contributed by atoms with Gasteiger partial charge < -0.3 is 9.47 Å². The van der Waals surface area contributed by atoms with Gasteiger partial charge in [-0.2, -0.15) is 0 Å². The van der Waals surface area contributed by atoms with Gasteiger partial charge in [0.1, 0.15) is 0 Å². The molecule has 0 radical (unpaired) electrons. The molecule has 2 amide bonds. The lowest BCUT2D eigenvalue weighted by Gasteiger charge is -2.22. The van der Waals surface area contributed by atoms with E-state index in [2.05, 4.69) is 15.9 Å². The number of amides is 2. The van der Waals surface area contributed by atoms with Crippen molar-refractivity contribution in [2.75, 3.05) is 4.90 Å². The van der Waals surface area contributed by atoms with Crippen molar-refractivity contribution >= 4 is 50.6 Å². The molecule has 2 atom stereocenters. The highest BCUT2D eigenvalue weighted by atomic mass is 79.9. The van der Waals surface area contributed by atoms with Gasteiger partial charge in [0.2, 0.25) is 18.6 Å². The highest BCUT2D eigenvalue weighted by Gasteiger charge is 2.37. The van der Waals surface area contributed by atoms with Crippen molar-refractivity contribution in [2.45, 2.75) is 58.7 Å². The Labute approximate surface area is 215 Å². The van der Waals surface area contributed by atoms with Crippen LogP contribution in [0.15, 0.2) is 46.9 Å². The maximum absolute atomic E-state index is 14.3. The number of para-hydroxylation sites is 1. The molecule has 0 aliphatic carbocycles. The maximum atomic E-state index is 14.3. The number of hydrogen-bond acceptors (Lipinski definition) is 5. The Morgan fingerprint density at radius 1 is 1.00 bits per heavy atom. The van der Waals surface area contributed by atoms with Gasteiger partial charge in [-0.1, -0.05) is 48.0 Å². The first-order chi connectivity index (χ1) is 17.3. The lowest BCUT2D eigenvalue weighted by molar-refractivity contribution is -0.117. The molecule has 0 bridgehead atoms. The summed E-state index contributed by atoms with van der Waals surface area (Å²) in [6.45, 7) is 3.51. The summed E-state index contributed by atoms with van der Waals surface area (Å²) in [7, 11) is 0. The van der Waals surface area contributed by atoms with Gasteiger partial charge in [0.15, 0.2) is 0 Å². The zero-order valence-corrected chi connectivity index (χ0v) is 21.4. The van der Waals surface area contributed by atoms with Crippen LogP contribution >= 0.6 is 15.9 Å². The molecule has 2 aromatic carbocycles. The van der Waals surface area contributed by atoms with Crippen LogP contribution in [-0.4, -0.2) is 35.4 Å². The molecule has 1 aromatic heterocycles. The average molecular weight is 563 g/mol. The fraction of sp³-hybridized carbons (Fsp3) is 0.346. The number of alkyl halides is 2. The van der Waals surface area contributed by atoms with E-state index in [1.807, 2.05) is 0 Å². The van der Waals surface area contributed by atoms with Crippen LogP contribution in [-0.2, 0) is 20.7 Å². The zero-order chi connectivity index (χ0) is 26.0. The van der Waals surface area contributed by atoms with E-state index in [1.165, 1.54) is 10.6 Å². The summed E-state index contributed by atoms with van der Waals surface area (Å²) < 4.78 is 40.3. The van der Waals surface area contributed by atoms with E-state index in [1.54, 1.807) is 50.2 Å². The molecule has 2 heterocycles. The van der Waals surface area contributed by atoms with E-state index in [0.29, 0.717) is 45.0 Å². The Bertz CT molecular complexity index is 1330. The van der Waals surface area contributed by atoms with E-state index in [4.69, 9.17) is 9.47 Å². The van der Waals surface area contributed by atoms with Crippen LogP contribution in [0.1, 0.15) is 45.1 Å². The molecule has 0 spiro atoms. The Kier molecular flexibility index (Phi) is 7.73. The number of imide groups is 1. The van der Waals surface area contributed by atoms with Crippen molar-refractivity contribution in [1.29, 1.82) is 0 Å². The number of hydrogen-bond donors (Lipinski definition) is 0. The summed E-state index contributed by atoms with van der Waals surface area (Å²) in [5, 5.41) is 0.551. The monoisotopic (exact) mass is 562 g/mol. The number of rotatable bonds is 6. The van der Waals surface area contributed by atoms with Gasteiger partial charge in [-0.05, 0) is 42.7 Å². The predicted molar refractivity (Wildman–Crippen MR) is 134 cm³/mol. The molecule has 36 heavy (non-hydrogen) atoms. The number of ether oxygens (including phenoxy) is 2. The molecule has 7 nitrogen and oxygen atoms in total. The van der Waals surface area contributed by atoms with Crippen LogP contribution in [0.3, 0.4) is 0 Å². The summed E-state index contributed by atoms with van der Waals surface area (Å²) in [6.07, 6.45) is -5.10. The Balaban J connectivity index is 1.92. The van der Waals surface area contributed by atoms with Crippen LogP contribution in [0.5, 0.6) is 0 Å². The van der Waals surface area contributed by atoms with Gasteiger partial charge in [-0.3, -0.25) is 4.79 Å². The lowest BCUT2D eigenvalue weighted by atomic mass is 10.0. The van der Waals surface area contributed by atoms with Gasteiger partial charge in [-0.15, -0.1) is 0 Å². The minimum Gasteiger partial charge on any atom is -0.414 e. The number of carbonyl (C=O) groups excluding carboxylic acids is 3. The summed E-state index contributed by atoms with van der Waals surface area (Å²) in [5.74, 6) is -0.656. The number of halogens is 3. The third-order valence-corrected chi connectivity index (χ3v) is 6.36. The second-order valence-corrected chi connectivity index (χ2v) is 9.33. The molecule has 2 unspecified atom stereocenters. The summed E-state index contributed by atoms with van der Waals surface area (Å²) in [6, 6.07) is 11.5. The molecule has 0 fully saturated rings. The number of benzene rings is 2. The molecule has 0 saturated carbocycles. The largest absolute Gasteiger partial charge is 0.423 e. The third-order valence-electron chi connectivity index (χ3n) is 5.87. The number of carbonyl (C=O) groups is 3. The second kappa shape index (κ2) is 10.8. The minimum atomic E-state index is -1.87. The third kappa shape index (κ3) is 4.86. The summed E-state index contributed by atoms with van der Waals surface area (Å²) >= 11 is 3.41. The average Bonchev–Trinajstić information content (AvgIpc) is 3.05. The first kappa shape index (κ1) is 25.8. The molecule has 0 N–H and O–H groups in total. The highest BCUT2D eigenvalue weighted by Crippen LogP contribution is 2.43. The number of anilines is 1. The first-order valence-electron chi connectivity index (χ1n) is 11.7. The SMILES string of the molecule is CCCC(F)OC(=O)N1C(=O)Cc2c(n(C(=O)OC(F)CCC)c3ccc(Br)cc23)-c2ccccc21. The Hall–Kier alpha value is -3.27. The van der Waals surface area contributed by atoms with Gasteiger partial charge >= 0.3 is 12.2 Å². The Morgan fingerprint density at radius 3 is 2.31 bits per heavy atom. The van der Waals surface area contributed by atoms with Crippen LogP contribution in [0.25, 0.3) is 22.2 Å². The lowest BCUT2D eigenvalue weighted by Crippen LogP contribution is -2.39. The molecular formula is C26H25BrF2N2O5. The standard InChI is InChI=1S/C26H25BrF2N2O5/c1-3-7-21(28)35-25(33)30-19-10-6-5-9-16(19)24-18(14-23(30)32)17-13-15(27)11-12-20(17)31(24)26(34)36-22(29)8-4-2/h5-6,9-13,21-22H,3-4,7-8,14H2,1-2H3. The van der Waals surface area contributed by atoms with Crippen LogP contribution in [0, 0.1) is 0 Å². The van der Waals surface area contributed by atoms with E-state index in [0.717, 1.165) is 4.90 Å². The molecule has 190 valence electrons. The van der Waals surface area contributed by atoms with E-state index in [-0.39, 0.29) is 24.9 Å². The van der Waals surface area contributed by atoms with Gasteiger partial charge in [0.25, 0.3) is 0 Å². The van der Waals surface area contributed by atoms with Crippen molar-refractivity contribution in [3.63, 3.8) is 0 Å². The predicted octanol–water partition coefficient (Wildman–Crippen LogP) is 7.27. The van der Waals surface area contributed by atoms with Crippen LogP contribution in [0.4, 0.5) is 24.1 Å². The highest BCUT2D eigenvalue weighted by molar-refractivity contribution is 9.10. The van der Waals surface area contributed by atoms with Crippen LogP contribution in [0.2, 0.25) is 0 Å². The maximum Gasteiger partial charge on any atom is 0.423 e. The topological polar surface area (TPSA) is 77.8 Å². The second-order valence-electron chi connectivity index (χ2n) is 8.41. The van der Waals surface area contributed by atoms with Crippen molar-refractivity contribution in [3.05, 3.63) is 52.5 Å². The van der Waals surface area contributed by atoms with Crippen molar-refractivity contribution in [2.24, 2.45) is 0 Å². The van der Waals surface area contributed by atoms with Gasteiger partial charge in [0, 0.05) is 28.3 Å². The van der Waals surface area contributed by atoms with Crippen LogP contribution < -0.4 is 4.90 Å². The fourth-order valence-electron chi connectivity index (χ4n) is 4.31. The molecule has 10 heteroatoms. The van der Waals surface area contributed by atoms with E-state index >= 15 is 0 Å². The van der Waals surface area contributed by atoms with E-state index < -0.39 is 30.8 Å². The quantitative estimate of drug-likeness (QED) is 0.315. The van der Waals surface area contributed by atoms with Gasteiger partial charge in [-0.25, -0.2) is 27.8 Å². The number of nitrogens with zero attached hydrogens (tertiary/aromatic N) is 2. The molecule has 1 aliphatic rings. The molecule has 3 aromatic rings. The summed E-state index contributed by atoms with van der Waals surface area (Å²) in [5.41, 5.74) is 1.63. The van der Waals surface area contributed by atoms with Crippen molar-refractivity contribution in [1.82, 2.24) is 4.57 Å². The normalized spacial score (nSPS) is 14.6. The number of aromatic nitrogens is 1.